The van der Waals surface area contributed by atoms with Gasteiger partial charge in [0, 0.05) is 18.1 Å². The largest absolute Gasteiger partial charge is 0.465 e. The summed E-state index contributed by atoms with van der Waals surface area (Å²) in [6, 6.07) is 9.42. The van der Waals surface area contributed by atoms with E-state index in [1.165, 1.54) is 4.90 Å². The van der Waals surface area contributed by atoms with Crippen molar-refractivity contribution in [2.75, 3.05) is 33.4 Å². The van der Waals surface area contributed by atoms with E-state index in [2.05, 4.69) is 15.9 Å². The van der Waals surface area contributed by atoms with Gasteiger partial charge in [0.25, 0.3) is 0 Å². The van der Waals surface area contributed by atoms with Gasteiger partial charge in [0.15, 0.2) is 5.66 Å². The van der Waals surface area contributed by atoms with Crippen LogP contribution in [0.4, 0.5) is 0 Å². The number of esters is 1. The number of ether oxygens (including phenoxy) is 1. The lowest BCUT2D eigenvalue weighted by Crippen LogP contribution is -2.38. The standard InChI is InChI=1S/C20H27BrNO6P/c1-5-26-20(24)18(29(25,27-6-2)28-7-3)16-15(13-22(4)19(16)23)17(21)14-11-9-8-10-12-14/h8-12,16,18H,5-7,13H2,1-4H3/b17-15-. The number of likely N-dealkylation sites (N-methyl/N-ethyl adjacent to an activating group) is 1. The summed E-state index contributed by atoms with van der Waals surface area (Å²) in [6.07, 6.45) is 0. The van der Waals surface area contributed by atoms with Crippen LogP contribution in [-0.4, -0.2) is 55.8 Å². The van der Waals surface area contributed by atoms with Crippen LogP contribution in [0.2, 0.25) is 0 Å². The van der Waals surface area contributed by atoms with Gasteiger partial charge in [-0.15, -0.1) is 0 Å². The van der Waals surface area contributed by atoms with Gasteiger partial charge < -0.3 is 18.7 Å². The smallest absolute Gasteiger partial charge is 0.346 e. The molecule has 0 saturated carbocycles. The van der Waals surface area contributed by atoms with Crippen LogP contribution in [0, 0.1) is 5.92 Å². The molecule has 1 aromatic carbocycles. The van der Waals surface area contributed by atoms with Gasteiger partial charge in [0.2, 0.25) is 5.91 Å². The van der Waals surface area contributed by atoms with E-state index in [9.17, 15) is 14.2 Å². The molecule has 1 aromatic rings. The quantitative estimate of drug-likeness (QED) is 0.385. The number of amides is 1. The predicted octanol–water partition coefficient (Wildman–Crippen LogP) is 4.08. The molecule has 0 spiro atoms. The van der Waals surface area contributed by atoms with Gasteiger partial charge >= 0.3 is 13.6 Å². The minimum atomic E-state index is -3.97. The maximum atomic E-state index is 13.6. The highest BCUT2D eigenvalue weighted by Crippen LogP contribution is 2.58. The Bertz CT molecular complexity index is 802. The molecule has 1 amide bonds. The Balaban J connectivity index is 2.66. The van der Waals surface area contributed by atoms with Crippen LogP contribution in [0.15, 0.2) is 35.9 Å². The summed E-state index contributed by atoms with van der Waals surface area (Å²) < 4.78 is 30.4. The number of carbonyl (C=O) groups excluding carboxylic acids is 2. The zero-order valence-corrected chi connectivity index (χ0v) is 19.6. The summed E-state index contributed by atoms with van der Waals surface area (Å²) in [6.45, 7) is 5.49. The van der Waals surface area contributed by atoms with Crippen molar-refractivity contribution in [3.63, 3.8) is 0 Å². The molecule has 9 heteroatoms. The normalized spacial score (nSPS) is 20.0. The van der Waals surface area contributed by atoms with Crippen molar-refractivity contribution >= 4 is 39.9 Å². The Hall–Kier alpha value is -1.47. The van der Waals surface area contributed by atoms with Crippen molar-refractivity contribution in [1.82, 2.24) is 4.90 Å². The van der Waals surface area contributed by atoms with E-state index in [-0.39, 0.29) is 32.3 Å². The van der Waals surface area contributed by atoms with E-state index in [1.807, 2.05) is 30.3 Å². The minimum absolute atomic E-state index is 0.0723. The number of carbonyl (C=O) groups is 2. The lowest BCUT2D eigenvalue weighted by molar-refractivity contribution is -0.146. The van der Waals surface area contributed by atoms with E-state index >= 15 is 0 Å². The lowest BCUT2D eigenvalue weighted by atomic mass is 9.95. The zero-order chi connectivity index (χ0) is 21.6. The summed E-state index contributed by atoms with van der Waals surface area (Å²) in [4.78, 5) is 27.5. The van der Waals surface area contributed by atoms with Crippen LogP contribution >= 0.6 is 23.5 Å². The molecule has 2 rings (SSSR count). The van der Waals surface area contributed by atoms with Crippen molar-refractivity contribution in [1.29, 1.82) is 0 Å². The van der Waals surface area contributed by atoms with Gasteiger partial charge in [-0.2, -0.15) is 0 Å². The molecule has 0 radical (unpaired) electrons. The number of halogens is 1. The fraction of sp³-hybridized carbons (Fsp3) is 0.500. The van der Waals surface area contributed by atoms with Crippen LogP contribution in [0.5, 0.6) is 0 Å². The van der Waals surface area contributed by atoms with Crippen LogP contribution in [0.3, 0.4) is 0 Å². The summed E-state index contributed by atoms with van der Waals surface area (Å²) >= 11 is 3.59. The van der Waals surface area contributed by atoms with Crippen LogP contribution in [0.25, 0.3) is 4.48 Å². The highest BCUT2D eigenvalue weighted by molar-refractivity contribution is 9.15. The molecule has 1 saturated heterocycles. The number of hydrogen-bond acceptors (Lipinski definition) is 6. The third-order valence-corrected chi connectivity index (χ3v) is 7.93. The second-order valence-electron chi connectivity index (χ2n) is 6.45. The molecule has 2 atom stereocenters. The highest BCUT2D eigenvalue weighted by Gasteiger charge is 2.55. The maximum absolute atomic E-state index is 13.6. The number of nitrogens with zero attached hydrogens (tertiary/aromatic N) is 1. The molecule has 0 N–H and O–H groups in total. The molecule has 0 bridgehead atoms. The first-order valence-electron chi connectivity index (χ1n) is 9.55. The van der Waals surface area contributed by atoms with Gasteiger partial charge in [0.1, 0.15) is 0 Å². The van der Waals surface area contributed by atoms with Crippen molar-refractivity contribution in [3.05, 3.63) is 41.5 Å². The van der Waals surface area contributed by atoms with Crippen molar-refractivity contribution in [2.24, 2.45) is 5.92 Å². The lowest BCUT2D eigenvalue weighted by Gasteiger charge is -2.28. The second kappa shape index (κ2) is 10.5. The molecular formula is C20H27BrNO6P. The Morgan fingerprint density at radius 1 is 1.17 bits per heavy atom. The second-order valence-corrected chi connectivity index (χ2v) is 9.39. The van der Waals surface area contributed by atoms with E-state index in [1.54, 1.807) is 27.8 Å². The maximum Gasteiger partial charge on any atom is 0.346 e. The van der Waals surface area contributed by atoms with E-state index < -0.39 is 25.1 Å². The molecule has 0 aliphatic carbocycles. The van der Waals surface area contributed by atoms with Crippen LogP contribution < -0.4 is 0 Å². The first-order chi connectivity index (χ1) is 13.8. The third-order valence-electron chi connectivity index (χ3n) is 4.54. The summed E-state index contributed by atoms with van der Waals surface area (Å²) in [7, 11) is -2.33. The van der Waals surface area contributed by atoms with Gasteiger partial charge in [-0.1, -0.05) is 46.3 Å². The van der Waals surface area contributed by atoms with E-state index in [4.69, 9.17) is 13.8 Å². The van der Waals surface area contributed by atoms with Gasteiger partial charge in [-0.05, 0) is 31.9 Å². The van der Waals surface area contributed by atoms with Crippen LogP contribution in [0.1, 0.15) is 26.3 Å². The Morgan fingerprint density at radius 2 is 1.76 bits per heavy atom. The van der Waals surface area contributed by atoms with E-state index in [0.29, 0.717) is 10.1 Å². The number of benzene rings is 1. The number of likely N-dealkylation sites (tertiary alicyclic amines) is 1. The Kier molecular flexibility index (Phi) is 8.64. The minimum Gasteiger partial charge on any atom is -0.465 e. The highest BCUT2D eigenvalue weighted by atomic mass is 79.9. The Labute approximate surface area is 180 Å². The predicted molar refractivity (Wildman–Crippen MR) is 115 cm³/mol. The molecule has 1 aliphatic heterocycles. The first-order valence-corrected chi connectivity index (χ1v) is 12.0. The Morgan fingerprint density at radius 3 is 2.28 bits per heavy atom. The average Bonchev–Trinajstić information content (AvgIpc) is 2.97. The monoisotopic (exact) mass is 487 g/mol. The molecule has 2 unspecified atom stereocenters. The molecule has 1 heterocycles. The van der Waals surface area contributed by atoms with Crippen LogP contribution in [-0.2, 0) is 27.9 Å². The first kappa shape index (κ1) is 23.8. The van der Waals surface area contributed by atoms with Crippen molar-refractivity contribution in [3.8, 4) is 0 Å². The van der Waals surface area contributed by atoms with Gasteiger partial charge in [0.05, 0.1) is 25.7 Å². The molecule has 0 aromatic heterocycles. The number of hydrogen-bond donors (Lipinski definition) is 0. The molecule has 29 heavy (non-hydrogen) atoms. The van der Waals surface area contributed by atoms with Crippen molar-refractivity contribution in [2.45, 2.75) is 26.4 Å². The topological polar surface area (TPSA) is 82.1 Å². The average molecular weight is 488 g/mol. The zero-order valence-electron chi connectivity index (χ0n) is 17.1. The van der Waals surface area contributed by atoms with Gasteiger partial charge in [-0.25, -0.2) is 0 Å². The third kappa shape index (κ3) is 5.18. The molecule has 1 aliphatic rings. The summed E-state index contributed by atoms with van der Waals surface area (Å²) in [5.41, 5.74) is 0.105. The summed E-state index contributed by atoms with van der Waals surface area (Å²) in [5, 5.41) is 0. The van der Waals surface area contributed by atoms with Crippen molar-refractivity contribution < 1.29 is 27.9 Å². The SMILES string of the molecule is CCOC(=O)C(C1C(=O)N(C)C/C1=C(/Br)c1ccccc1)P(=O)(OCC)OCC. The van der Waals surface area contributed by atoms with E-state index in [0.717, 1.165) is 5.56 Å². The fourth-order valence-corrected chi connectivity index (χ4v) is 6.11. The molecule has 160 valence electrons. The summed E-state index contributed by atoms with van der Waals surface area (Å²) in [5.74, 6) is -2.11. The molecule has 1 fully saturated rings. The number of rotatable bonds is 9. The van der Waals surface area contributed by atoms with Gasteiger partial charge in [-0.3, -0.25) is 14.2 Å². The molecule has 7 nitrogen and oxygen atoms in total. The molecular weight excluding hydrogens is 461 g/mol. The fourth-order valence-electron chi connectivity index (χ4n) is 3.35.